The Kier molecular flexibility index (Phi) is 3.24. The minimum Gasteiger partial charge on any atom is -0.485 e. The van der Waals surface area contributed by atoms with Gasteiger partial charge in [0, 0.05) is 10.9 Å². The molecule has 0 fully saturated rings. The van der Waals surface area contributed by atoms with Gasteiger partial charge in [-0.3, -0.25) is 0 Å². The van der Waals surface area contributed by atoms with Crippen molar-refractivity contribution in [1.82, 2.24) is 19.8 Å². The van der Waals surface area contributed by atoms with Crippen molar-refractivity contribution in [3.05, 3.63) is 59.1 Å². The van der Waals surface area contributed by atoms with Crippen LogP contribution in [0.5, 0.6) is 11.5 Å². The monoisotopic (exact) mass is 390 g/mol. The largest absolute Gasteiger partial charge is 0.485 e. The summed E-state index contributed by atoms with van der Waals surface area (Å²) in [6.07, 6.45) is -0.286. The molecule has 2 aromatic carbocycles. The molecule has 0 bridgehead atoms. The predicted molar refractivity (Wildman–Crippen MR) is 104 cm³/mol. The van der Waals surface area contributed by atoms with Crippen LogP contribution in [0.3, 0.4) is 0 Å². The van der Waals surface area contributed by atoms with Crippen molar-refractivity contribution in [3.8, 4) is 23.1 Å². The number of para-hydroxylation sites is 3. The van der Waals surface area contributed by atoms with Crippen LogP contribution in [0.15, 0.2) is 52.9 Å². The highest BCUT2D eigenvalue weighted by molar-refractivity contribution is 7.16. The van der Waals surface area contributed by atoms with Gasteiger partial charge in [-0.2, -0.15) is 9.61 Å². The number of fused-ring (bicyclic) bond motifs is 3. The lowest BCUT2D eigenvalue weighted by atomic mass is 10.1. The van der Waals surface area contributed by atoms with E-state index in [1.165, 1.54) is 11.3 Å². The number of aromatic nitrogens is 4. The van der Waals surface area contributed by atoms with Gasteiger partial charge in [-0.1, -0.05) is 41.7 Å². The van der Waals surface area contributed by atoms with E-state index >= 15 is 0 Å². The maximum absolute atomic E-state index is 6.07. The Bertz CT molecular complexity index is 1340. The Labute approximate surface area is 163 Å². The molecule has 7 nitrogen and oxygen atoms in total. The first-order chi connectivity index (χ1) is 13.8. The van der Waals surface area contributed by atoms with Crippen molar-refractivity contribution in [1.29, 1.82) is 0 Å². The van der Waals surface area contributed by atoms with E-state index in [0.29, 0.717) is 23.2 Å². The fourth-order valence-electron chi connectivity index (χ4n) is 3.43. The molecular formula is C20H14N4O3S. The van der Waals surface area contributed by atoms with Crippen LogP contribution >= 0.6 is 11.3 Å². The molecule has 28 heavy (non-hydrogen) atoms. The number of hydrogen-bond donors (Lipinski definition) is 0. The highest BCUT2D eigenvalue weighted by atomic mass is 32.1. The first-order valence-corrected chi connectivity index (χ1v) is 9.69. The summed E-state index contributed by atoms with van der Waals surface area (Å²) < 4.78 is 19.6. The quantitative estimate of drug-likeness (QED) is 0.444. The minimum absolute atomic E-state index is 0.286. The summed E-state index contributed by atoms with van der Waals surface area (Å²) in [7, 11) is 0. The summed E-state index contributed by atoms with van der Waals surface area (Å²) >= 11 is 1.44. The molecule has 1 unspecified atom stereocenters. The molecule has 0 aliphatic carbocycles. The molecule has 1 aliphatic heterocycles. The maximum atomic E-state index is 6.07. The summed E-state index contributed by atoms with van der Waals surface area (Å²) in [4.78, 5) is 0.687. The number of furan rings is 1. The third-order valence-electron chi connectivity index (χ3n) is 4.84. The number of rotatable bonds is 2. The van der Waals surface area contributed by atoms with E-state index in [1.54, 1.807) is 4.52 Å². The second-order valence-electron chi connectivity index (χ2n) is 6.57. The highest BCUT2D eigenvalue weighted by Crippen LogP contribution is 2.38. The Hall–Kier alpha value is -3.39. The third kappa shape index (κ3) is 2.24. The molecule has 0 saturated heterocycles. The molecule has 1 aliphatic rings. The molecule has 0 radical (unpaired) electrons. The number of ether oxygens (including phenoxy) is 2. The van der Waals surface area contributed by atoms with Gasteiger partial charge in [0.15, 0.2) is 28.4 Å². The molecule has 0 amide bonds. The first kappa shape index (κ1) is 15.6. The molecule has 5 aromatic rings. The predicted octanol–water partition coefficient (Wildman–Crippen LogP) is 4.42. The van der Waals surface area contributed by atoms with Crippen molar-refractivity contribution in [2.75, 3.05) is 6.61 Å². The highest BCUT2D eigenvalue weighted by Gasteiger charge is 2.28. The fourth-order valence-corrected chi connectivity index (χ4v) is 4.28. The summed E-state index contributed by atoms with van der Waals surface area (Å²) in [5, 5.41) is 15.1. The lowest BCUT2D eigenvalue weighted by molar-refractivity contribution is 0.0904. The number of aryl methyl sites for hydroxylation is 1. The van der Waals surface area contributed by atoms with Crippen LogP contribution in [-0.2, 0) is 0 Å². The second-order valence-corrected chi connectivity index (χ2v) is 7.56. The lowest BCUT2D eigenvalue weighted by Gasteiger charge is -2.24. The molecule has 6 rings (SSSR count). The lowest BCUT2D eigenvalue weighted by Crippen LogP contribution is -2.21. The molecule has 0 saturated carbocycles. The van der Waals surface area contributed by atoms with Crippen molar-refractivity contribution in [2.24, 2.45) is 0 Å². The topological polar surface area (TPSA) is 74.7 Å². The van der Waals surface area contributed by atoms with E-state index in [2.05, 4.69) is 10.2 Å². The number of hydrogen-bond acceptors (Lipinski definition) is 7. The van der Waals surface area contributed by atoms with Crippen molar-refractivity contribution in [2.45, 2.75) is 13.0 Å². The summed E-state index contributed by atoms with van der Waals surface area (Å²) in [6, 6.07) is 15.6. The van der Waals surface area contributed by atoms with Crippen LogP contribution in [0.25, 0.3) is 27.5 Å². The number of benzene rings is 2. The maximum Gasteiger partial charge on any atom is 0.235 e. The summed E-state index contributed by atoms with van der Waals surface area (Å²) in [5.74, 6) is 2.73. The Morgan fingerprint density at radius 1 is 1.04 bits per heavy atom. The van der Waals surface area contributed by atoms with Gasteiger partial charge >= 0.3 is 0 Å². The Morgan fingerprint density at radius 2 is 1.86 bits per heavy atom. The van der Waals surface area contributed by atoms with Gasteiger partial charge in [-0.15, -0.1) is 10.2 Å². The van der Waals surface area contributed by atoms with E-state index in [4.69, 9.17) is 19.0 Å². The van der Waals surface area contributed by atoms with E-state index in [0.717, 1.165) is 33.0 Å². The van der Waals surface area contributed by atoms with Gasteiger partial charge < -0.3 is 13.9 Å². The van der Waals surface area contributed by atoms with Crippen molar-refractivity contribution < 1.29 is 13.9 Å². The van der Waals surface area contributed by atoms with E-state index in [-0.39, 0.29) is 6.10 Å². The van der Waals surface area contributed by atoms with Crippen LogP contribution in [0, 0.1) is 6.92 Å². The van der Waals surface area contributed by atoms with Gasteiger partial charge in [-0.25, -0.2) is 0 Å². The normalized spacial score (nSPS) is 16.1. The smallest absolute Gasteiger partial charge is 0.235 e. The SMILES string of the molecule is Cc1c(-c2nnc3sc(C4COc5ccccc5O4)nn23)oc2ccccc12. The molecule has 0 N–H and O–H groups in total. The number of nitrogens with zero attached hydrogens (tertiary/aromatic N) is 4. The van der Waals surface area contributed by atoms with Crippen LogP contribution in [0.4, 0.5) is 0 Å². The van der Waals surface area contributed by atoms with Crippen molar-refractivity contribution in [3.63, 3.8) is 0 Å². The zero-order valence-electron chi connectivity index (χ0n) is 14.8. The molecule has 8 heteroatoms. The van der Waals surface area contributed by atoms with Crippen LogP contribution in [-0.4, -0.2) is 26.4 Å². The standard InChI is InChI=1S/C20H14N4O3S/c1-11-12-6-2-3-7-13(12)27-17(11)18-21-22-20-24(18)23-19(28-20)16-10-25-14-8-4-5-9-15(14)26-16/h2-9,16H,10H2,1H3. The van der Waals surface area contributed by atoms with E-state index < -0.39 is 0 Å². The average molecular weight is 390 g/mol. The van der Waals surface area contributed by atoms with Crippen LogP contribution in [0.1, 0.15) is 16.7 Å². The van der Waals surface area contributed by atoms with E-state index in [1.807, 2.05) is 55.5 Å². The molecular weight excluding hydrogens is 376 g/mol. The summed E-state index contributed by atoms with van der Waals surface area (Å²) in [6.45, 7) is 2.42. The molecule has 138 valence electrons. The molecule has 1 atom stereocenters. The molecule has 3 aromatic heterocycles. The Morgan fingerprint density at radius 3 is 2.75 bits per heavy atom. The molecule has 0 spiro atoms. The molecule has 4 heterocycles. The Balaban J connectivity index is 1.42. The van der Waals surface area contributed by atoms with Gasteiger partial charge in [-0.05, 0) is 25.1 Å². The van der Waals surface area contributed by atoms with Crippen molar-refractivity contribution >= 4 is 27.3 Å². The summed E-state index contributed by atoms with van der Waals surface area (Å²) in [5.41, 5.74) is 1.84. The zero-order chi connectivity index (χ0) is 18.7. The van der Waals surface area contributed by atoms with Crippen LogP contribution < -0.4 is 9.47 Å². The van der Waals surface area contributed by atoms with Gasteiger partial charge in [0.25, 0.3) is 0 Å². The fraction of sp³-hybridized carbons (Fsp3) is 0.150. The van der Waals surface area contributed by atoms with E-state index in [9.17, 15) is 0 Å². The van der Waals surface area contributed by atoms with Gasteiger partial charge in [0.2, 0.25) is 10.8 Å². The van der Waals surface area contributed by atoms with Gasteiger partial charge in [0.05, 0.1) is 0 Å². The zero-order valence-corrected chi connectivity index (χ0v) is 15.6. The third-order valence-corrected chi connectivity index (χ3v) is 5.83. The first-order valence-electron chi connectivity index (χ1n) is 8.87. The second kappa shape index (κ2) is 5.80. The minimum atomic E-state index is -0.286. The van der Waals surface area contributed by atoms with Gasteiger partial charge in [0.1, 0.15) is 12.2 Å². The van der Waals surface area contributed by atoms with Crippen LogP contribution in [0.2, 0.25) is 0 Å². The average Bonchev–Trinajstić information content (AvgIpc) is 3.41.